The maximum atomic E-state index is 14.0. The molecular weight excluding hydrogens is 581 g/mol. The fraction of sp³-hybridized carbons (Fsp3) is 0.286. The van der Waals surface area contributed by atoms with Crippen molar-refractivity contribution in [3.8, 4) is 0 Å². The van der Waals surface area contributed by atoms with Gasteiger partial charge >= 0.3 is 0 Å². The molecule has 0 aliphatic rings. The minimum absolute atomic E-state index is 0.0133. The number of sulfonamides is 1. The van der Waals surface area contributed by atoms with Crippen molar-refractivity contribution < 1.29 is 18.0 Å². The smallest absolute Gasteiger partial charge is 0.264 e. The lowest BCUT2D eigenvalue weighted by Gasteiger charge is -2.33. The van der Waals surface area contributed by atoms with E-state index in [9.17, 15) is 18.0 Å². The molecule has 3 aromatic carbocycles. The molecule has 2 amide bonds. The van der Waals surface area contributed by atoms with E-state index < -0.39 is 34.4 Å². The van der Waals surface area contributed by atoms with Gasteiger partial charge in [0.1, 0.15) is 12.6 Å². The van der Waals surface area contributed by atoms with Crippen LogP contribution in [0.3, 0.4) is 0 Å². The number of hydrogen-bond acceptors (Lipinski definition) is 4. The molecular formula is C28H30Cl3N3O4S. The second kappa shape index (κ2) is 13.0. The molecule has 0 saturated heterocycles. The van der Waals surface area contributed by atoms with Crippen LogP contribution in [-0.4, -0.2) is 44.8 Å². The Morgan fingerprint density at radius 1 is 0.949 bits per heavy atom. The molecule has 3 aromatic rings. The maximum absolute atomic E-state index is 14.0. The number of anilines is 1. The molecule has 3 rings (SSSR count). The maximum Gasteiger partial charge on any atom is 0.264 e. The summed E-state index contributed by atoms with van der Waals surface area (Å²) in [6.45, 7) is 4.65. The predicted octanol–water partition coefficient (Wildman–Crippen LogP) is 6.01. The van der Waals surface area contributed by atoms with Crippen molar-refractivity contribution in [2.24, 2.45) is 0 Å². The molecule has 7 nitrogen and oxygen atoms in total. The second-order valence-corrected chi connectivity index (χ2v) is 12.1. The molecule has 11 heteroatoms. The van der Waals surface area contributed by atoms with Crippen molar-refractivity contribution in [2.45, 2.75) is 44.7 Å². The van der Waals surface area contributed by atoms with Crippen LogP contribution in [0, 0.1) is 13.8 Å². The van der Waals surface area contributed by atoms with Crippen molar-refractivity contribution in [3.05, 3.63) is 92.4 Å². The van der Waals surface area contributed by atoms with E-state index in [1.807, 2.05) is 6.92 Å². The van der Waals surface area contributed by atoms with Gasteiger partial charge in [-0.15, -0.1) is 0 Å². The van der Waals surface area contributed by atoms with Gasteiger partial charge in [-0.05, 0) is 62.2 Å². The molecule has 0 saturated carbocycles. The molecule has 1 N–H and O–H groups in total. The summed E-state index contributed by atoms with van der Waals surface area (Å²) in [5.41, 5.74) is 2.18. The zero-order valence-corrected chi connectivity index (χ0v) is 25.1. The first-order valence-electron chi connectivity index (χ1n) is 12.2. The van der Waals surface area contributed by atoms with Gasteiger partial charge in [0.2, 0.25) is 11.8 Å². The number of carbonyl (C=O) groups excluding carboxylic acids is 2. The zero-order valence-electron chi connectivity index (χ0n) is 22.0. The van der Waals surface area contributed by atoms with E-state index >= 15 is 0 Å². The molecule has 0 aliphatic carbocycles. The Labute approximate surface area is 244 Å². The van der Waals surface area contributed by atoms with E-state index in [0.717, 1.165) is 9.87 Å². The fourth-order valence-electron chi connectivity index (χ4n) is 4.14. The number of carbonyl (C=O) groups is 2. The standard InChI is InChI=1S/C28H30Cl3N3O4S/c1-5-25(28(36)32-4)33(16-22-23(30)7-6-8-24(22)31)27(35)17-34(26-15-20(29)12-11-19(26)3)39(37,38)21-13-9-18(2)10-14-21/h6-15,25H,5,16-17H2,1-4H3,(H,32,36)/t25-/m0/s1. The van der Waals surface area contributed by atoms with Crippen molar-refractivity contribution in [1.29, 1.82) is 0 Å². The van der Waals surface area contributed by atoms with E-state index in [4.69, 9.17) is 34.8 Å². The van der Waals surface area contributed by atoms with Crippen molar-refractivity contribution in [2.75, 3.05) is 17.9 Å². The van der Waals surface area contributed by atoms with Gasteiger partial charge < -0.3 is 10.2 Å². The molecule has 0 bridgehead atoms. The van der Waals surface area contributed by atoms with Gasteiger partial charge in [0.15, 0.2) is 0 Å². The summed E-state index contributed by atoms with van der Waals surface area (Å²) in [5, 5.41) is 3.53. The molecule has 0 unspecified atom stereocenters. The number of hydrogen-bond donors (Lipinski definition) is 1. The summed E-state index contributed by atoms with van der Waals surface area (Å²) in [6, 6.07) is 15.2. The Bertz CT molecular complexity index is 1440. The molecule has 0 aliphatic heterocycles. The molecule has 39 heavy (non-hydrogen) atoms. The van der Waals surface area contributed by atoms with Crippen molar-refractivity contribution >= 4 is 62.3 Å². The van der Waals surface area contributed by atoms with Gasteiger partial charge in [0, 0.05) is 34.2 Å². The summed E-state index contributed by atoms with van der Waals surface area (Å²) >= 11 is 19.1. The quantitative estimate of drug-likeness (QED) is 0.305. The Morgan fingerprint density at radius 2 is 1.56 bits per heavy atom. The summed E-state index contributed by atoms with van der Waals surface area (Å²) in [4.78, 5) is 28.2. The Kier molecular flexibility index (Phi) is 10.3. The number of benzene rings is 3. The number of likely N-dealkylation sites (N-methyl/N-ethyl adjacent to an activating group) is 1. The van der Waals surface area contributed by atoms with Gasteiger partial charge in [-0.25, -0.2) is 8.42 Å². The third-order valence-electron chi connectivity index (χ3n) is 6.35. The molecule has 0 spiro atoms. The van der Waals surface area contributed by atoms with Crippen LogP contribution in [0.2, 0.25) is 15.1 Å². The molecule has 0 aromatic heterocycles. The van der Waals surface area contributed by atoms with Gasteiger partial charge in [0.25, 0.3) is 10.0 Å². The van der Waals surface area contributed by atoms with Crippen molar-refractivity contribution in [1.82, 2.24) is 10.2 Å². The first-order chi connectivity index (χ1) is 18.4. The summed E-state index contributed by atoms with van der Waals surface area (Å²) in [5.74, 6) is -1.02. The molecule has 208 valence electrons. The summed E-state index contributed by atoms with van der Waals surface area (Å²) < 4.78 is 28.9. The Morgan fingerprint density at radius 3 is 2.13 bits per heavy atom. The highest BCUT2D eigenvalue weighted by Gasteiger charge is 2.34. The number of nitrogens with zero attached hydrogens (tertiary/aromatic N) is 2. The average Bonchev–Trinajstić information content (AvgIpc) is 2.90. The fourth-order valence-corrected chi connectivity index (χ4v) is 6.30. The summed E-state index contributed by atoms with van der Waals surface area (Å²) in [7, 11) is -2.74. The minimum Gasteiger partial charge on any atom is -0.357 e. The highest BCUT2D eigenvalue weighted by molar-refractivity contribution is 7.92. The highest BCUT2D eigenvalue weighted by atomic mass is 35.5. The monoisotopic (exact) mass is 609 g/mol. The first-order valence-corrected chi connectivity index (χ1v) is 14.8. The molecule has 0 heterocycles. The lowest BCUT2D eigenvalue weighted by Crippen LogP contribution is -2.52. The van der Waals surface area contributed by atoms with Crippen LogP contribution in [0.1, 0.15) is 30.0 Å². The van der Waals surface area contributed by atoms with Crippen LogP contribution in [0.5, 0.6) is 0 Å². The molecule has 1 atom stereocenters. The van der Waals surface area contributed by atoms with Gasteiger partial charge in [0.05, 0.1) is 10.6 Å². The number of aryl methyl sites for hydroxylation is 2. The third kappa shape index (κ3) is 7.06. The number of amides is 2. The van der Waals surface area contributed by atoms with E-state index in [-0.39, 0.29) is 23.5 Å². The van der Waals surface area contributed by atoms with Crippen LogP contribution >= 0.6 is 34.8 Å². The number of nitrogens with one attached hydrogen (secondary N) is 1. The summed E-state index contributed by atoms with van der Waals surface area (Å²) in [6.07, 6.45) is 0.272. The van der Waals surface area contributed by atoms with Crippen LogP contribution < -0.4 is 9.62 Å². The van der Waals surface area contributed by atoms with E-state index in [0.29, 0.717) is 26.2 Å². The van der Waals surface area contributed by atoms with Crippen LogP contribution in [0.4, 0.5) is 5.69 Å². The van der Waals surface area contributed by atoms with E-state index in [1.165, 1.54) is 30.1 Å². The number of rotatable bonds is 10. The van der Waals surface area contributed by atoms with Crippen LogP contribution in [-0.2, 0) is 26.2 Å². The lowest BCUT2D eigenvalue weighted by atomic mass is 10.1. The molecule has 0 radical (unpaired) electrons. The van der Waals surface area contributed by atoms with Crippen molar-refractivity contribution in [3.63, 3.8) is 0 Å². The molecule has 0 fully saturated rings. The SMILES string of the molecule is CC[C@@H](C(=O)NC)N(Cc1c(Cl)cccc1Cl)C(=O)CN(c1cc(Cl)ccc1C)S(=O)(=O)c1ccc(C)cc1. The lowest BCUT2D eigenvalue weighted by molar-refractivity contribution is -0.140. The zero-order chi connectivity index (χ0) is 28.9. The Hall–Kier alpha value is -2.78. The van der Waals surface area contributed by atoms with Gasteiger partial charge in [-0.3, -0.25) is 13.9 Å². The number of halogens is 3. The van der Waals surface area contributed by atoms with Crippen LogP contribution in [0.15, 0.2) is 65.6 Å². The normalized spacial score (nSPS) is 12.1. The van der Waals surface area contributed by atoms with E-state index in [1.54, 1.807) is 56.3 Å². The minimum atomic E-state index is -4.21. The first kappa shape index (κ1) is 30.8. The largest absolute Gasteiger partial charge is 0.357 e. The third-order valence-corrected chi connectivity index (χ3v) is 9.07. The van der Waals surface area contributed by atoms with Crippen LogP contribution in [0.25, 0.3) is 0 Å². The average molecular weight is 611 g/mol. The Balaban J connectivity index is 2.14. The predicted molar refractivity (Wildman–Crippen MR) is 157 cm³/mol. The highest BCUT2D eigenvalue weighted by Crippen LogP contribution is 2.31. The topological polar surface area (TPSA) is 86.8 Å². The van der Waals surface area contributed by atoms with E-state index in [2.05, 4.69) is 5.32 Å². The van der Waals surface area contributed by atoms with Gasteiger partial charge in [-0.2, -0.15) is 0 Å². The second-order valence-electron chi connectivity index (χ2n) is 9.02. The van der Waals surface area contributed by atoms with Gasteiger partial charge in [-0.1, -0.05) is 71.6 Å².